The molecule has 4 rings (SSSR count). The second-order valence-electron chi connectivity index (χ2n) is 8.67. The maximum atomic E-state index is 13.2. The summed E-state index contributed by atoms with van der Waals surface area (Å²) in [5, 5.41) is 8.99. The van der Waals surface area contributed by atoms with E-state index in [1.165, 1.54) is 0 Å². The average Bonchev–Trinajstić information content (AvgIpc) is 3.14. The second kappa shape index (κ2) is 10.8. The number of nitriles is 1. The van der Waals surface area contributed by atoms with Gasteiger partial charge in [-0.15, -0.1) is 0 Å². The first-order valence-corrected chi connectivity index (χ1v) is 11.7. The van der Waals surface area contributed by atoms with Gasteiger partial charge in [0.1, 0.15) is 0 Å². The quantitative estimate of drug-likeness (QED) is 0.679. The minimum absolute atomic E-state index is 0.00591. The Labute approximate surface area is 195 Å². The van der Waals surface area contributed by atoms with E-state index in [-0.39, 0.29) is 17.7 Å². The summed E-state index contributed by atoms with van der Waals surface area (Å²) in [5.74, 6) is 0.231. The van der Waals surface area contributed by atoms with E-state index in [0.717, 1.165) is 50.1 Å². The molecule has 2 aromatic rings. The summed E-state index contributed by atoms with van der Waals surface area (Å²) in [5.41, 5.74) is 2.76. The summed E-state index contributed by atoms with van der Waals surface area (Å²) >= 11 is 0. The Kier molecular flexibility index (Phi) is 7.41. The van der Waals surface area contributed by atoms with Crippen LogP contribution in [0.3, 0.4) is 0 Å². The summed E-state index contributed by atoms with van der Waals surface area (Å²) in [4.78, 5) is 31.8. The largest absolute Gasteiger partial charge is 0.370 e. The number of rotatable bonds is 4. The summed E-state index contributed by atoms with van der Waals surface area (Å²) in [6.07, 6.45) is 5.84. The van der Waals surface area contributed by atoms with Gasteiger partial charge < -0.3 is 14.7 Å². The fourth-order valence-electron chi connectivity index (χ4n) is 4.58. The predicted octanol–water partition coefficient (Wildman–Crippen LogP) is 3.55. The SMILES string of the molecule is N#Cc1ccc(N2CCCN(C(=O)C3CCN(C(=O)/C=C/c4ccccc4)CC3)CC2)cc1. The van der Waals surface area contributed by atoms with E-state index < -0.39 is 0 Å². The highest BCUT2D eigenvalue weighted by Crippen LogP contribution is 2.22. The first kappa shape index (κ1) is 22.6. The molecule has 2 heterocycles. The van der Waals surface area contributed by atoms with Crippen LogP contribution in [0.1, 0.15) is 30.4 Å². The number of nitrogens with zero attached hydrogens (tertiary/aromatic N) is 4. The molecule has 0 bridgehead atoms. The Bertz CT molecular complexity index is 1020. The van der Waals surface area contributed by atoms with Gasteiger partial charge in [-0.2, -0.15) is 5.26 Å². The zero-order valence-electron chi connectivity index (χ0n) is 18.9. The van der Waals surface area contributed by atoms with Crippen LogP contribution in [0, 0.1) is 17.2 Å². The highest BCUT2D eigenvalue weighted by atomic mass is 16.2. The molecule has 2 aliphatic heterocycles. The molecule has 2 saturated heterocycles. The van der Waals surface area contributed by atoms with Crippen molar-refractivity contribution in [3.8, 4) is 6.07 Å². The number of hydrogen-bond acceptors (Lipinski definition) is 4. The normalized spacial score (nSPS) is 17.6. The lowest BCUT2D eigenvalue weighted by molar-refractivity contribution is -0.139. The molecule has 170 valence electrons. The third kappa shape index (κ3) is 5.81. The van der Waals surface area contributed by atoms with Crippen molar-refractivity contribution >= 4 is 23.6 Å². The molecule has 0 saturated carbocycles. The van der Waals surface area contributed by atoms with Gasteiger partial charge in [-0.3, -0.25) is 9.59 Å². The van der Waals surface area contributed by atoms with E-state index in [4.69, 9.17) is 5.26 Å². The van der Waals surface area contributed by atoms with Crippen molar-refractivity contribution in [1.29, 1.82) is 5.26 Å². The van der Waals surface area contributed by atoms with Crippen molar-refractivity contribution in [1.82, 2.24) is 9.80 Å². The lowest BCUT2D eigenvalue weighted by atomic mass is 9.95. The van der Waals surface area contributed by atoms with Gasteiger partial charge in [-0.1, -0.05) is 30.3 Å². The molecule has 0 radical (unpaired) electrons. The molecule has 0 atom stereocenters. The summed E-state index contributed by atoms with van der Waals surface area (Å²) in [6, 6.07) is 19.6. The lowest BCUT2D eigenvalue weighted by Crippen LogP contribution is -2.45. The first-order valence-electron chi connectivity index (χ1n) is 11.7. The van der Waals surface area contributed by atoms with E-state index in [0.29, 0.717) is 25.2 Å². The van der Waals surface area contributed by atoms with Crippen molar-refractivity contribution in [2.75, 3.05) is 44.2 Å². The van der Waals surface area contributed by atoms with Crippen molar-refractivity contribution < 1.29 is 9.59 Å². The van der Waals surface area contributed by atoms with Crippen LogP contribution in [-0.4, -0.2) is 60.9 Å². The van der Waals surface area contributed by atoms with Gasteiger partial charge >= 0.3 is 0 Å². The molecule has 0 aromatic heterocycles. The molecule has 0 aliphatic carbocycles. The van der Waals surface area contributed by atoms with E-state index in [9.17, 15) is 9.59 Å². The third-order valence-corrected chi connectivity index (χ3v) is 6.54. The Balaban J connectivity index is 1.26. The van der Waals surface area contributed by atoms with Crippen molar-refractivity contribution in [3.63, 3.8) is 0 Å². The number of carbonyl (C=O) groups is 2. The number of anilines is 1. The molecule has 0 unspecified atom stereocenters. The van der Waals surface area contributed by atoms with Gasteiger partial charge in [0.15, 0.2) is 0 Å². The lowest BCUT2D eigenvalue weighted by Gasteiger charge is -2.33. The van der Waals surface area contributed by atoms with Gasteiger partial charge in [0.2, 0.25) is 11.8 Å². The van der Waals surface area contributed by atoms with Crippen LogP contribution < -0.4 is 4.90 Å². The molecule has 2 aromatic carbocycles. The van der Waals surface area contributed by atoms with Gasteiger partial charge in [0, 0.05) is 56.9 Å². The monoisotopic (exact) mass is 442 g/mol. The highest BCUT2D eigenvalue weighted by molar-refractivity contribution is 5.92. The van der Waals surface area contributed by atoms with Crippen LogP contribution in [0.2, 0.25) is 0 Å². The molecule has 2 amide bonds. The third-order valence-electron chi connectivity index (χ3n) is 6.54. The van der Waals surface area contributed by atoms with E-state index >= 15 is 0 Å². The second-order valence-corrected chi connectivity index (χ2v) is 8.67. The minimum atomic E-state index is -0.00591. The molecule has 2 aliphatic rings. The smallest absolute Gasteiger partial charge is 0.246 e. The first-order chi connectivity index (χ1) is 16.1. The Morgan fingerprint density at radius 1 is 0.848 bits per heavy atom. The molecule has 2 fully saturated rings. The predicted molar refractivity (Wildman–Crippen MR) is 129 cm³/mol. The fourth-order valence-corrected chi connectivity index (χ4v) is 4.58. The van der Waals surface area contributed by atoms with E-state index in [2.05, 4.69) is 11.0 Å². The molecular weight excluding hydrogens is 412 g/mol. The number of likely N-dealkylation sites (tertiary alicyclic amines) is 1. The molecule has 0 N–H and O–H groups in total. The highest BCUT2D eigenvalue weighted by Gasteiger charge is 2.30. The summed E-state index contributed by atoms with van der Waals surface area (Å²) in [6.45, 7) is 4.41. The van der Waals surface area contributed by atoms with Crippen LogP contribution in [0.4, 0.5) is 5.69 Å². The number of carbonyl (C=O) groups excluding carboxylic acids is 2. The molecule has 6 heteroatoms. The fraction of sp³-hybridized carbons (Fsp3) is 0.370. The Morgan fingerprint density at radius 2 is 1.58 bits per heavy atom. The number of benzene rings is 2. The molecular formula is C27H30N4O2. The van der Waals surface area contributed by atoms with E-state index in [1.807, 2.05) is 70.5 Å². The topological polar surface area (TPSA) is 67.7 Å². The van der Waals surface area contributed by atoms with Crippen LogP contribution >= 0.6 is 0 Å². The summed E-state index contributed by atoms with van der Waals surface area (Å²) in [7, 11) is 0. The van der Waals surface area contributed by atoms with Crippen LogP contribution in [-0.2, 0) is 9.59 Å². The molecule has 0 spiro atoms. The van der Waals surface area contributed by atoms with Crippen molar-refractivity contribution in [3.05, 3.63) is 71.8 Å². The molecule has 33 heavy (non-hydrogen) atoms. The standard InChI is InChI=1S/C27H30N4O2/c28-21-23-7-10-25(11-8-23)29-15-4-16-31(20-19-29)27(33)24-13-17-30(18-14-24)26(32)12-9-22-5-2-1-3-6-22/h1-3,5-12,24H,4,13-20H2/b12-9+. The van der Waals surface area contributed by atoms with Crippen molar-refractivity contribution in [2.45, 2.75) is 19.3 Å². The summed E-state index contributed by atoms with van der Waals surface area (Å²) < 4.78 is 0. The van der Waals surface area contributed by atoms with E-state index in [1.54, 1.807) is 6.08 Å². The van der Waals surface area contributed by atoms with Crippen LogP contribution in [0.5, 0.6) is 0 Å². The van der Waals surface area contributed by atoms with Crippen LogP contribution in [0.15, 0.2) is 60.7 Å². The number of piperidine rings is 1. The van der Waals surface area contributed by atoms with Gasteiger partial charge in [-0.05, 0) is 55.2 Å². The Morgan fingerprint density at radius 3 is 2.27 bits per heavy atom. The zero-order chi connectivity index (χ0) is 23.0. The maximum Gasteiger partial charge on any atom is 0.246 e. The average molecular weight is 443 g/mol. The van der Waals surface area contributed by atoms with Gasteiger partial charge in [-0.25, -0.2) is 0 Å². The number of amides is 2. The minimum Gasteiger partial charge on any atom is -0.370 e. The molecule has 6 nitrogen and oxygen atoms in total. The van der Waals surface area contributed by atoms with Gasteiger partial charge in [0.25, 0.3) is 0 Å². The Hall–Kier alpha value is -3.59. The zero-order valence-corrected chi connectivity index (χ0v) is 18.9. The van der Waals surface area contributed by atoms with Gasteiger partial charge in [0.05, 0.1) is 11.6 Å². The van der Waals surface area contributed by atoms with Crippen molar-refractivity contribution in [2.24, 2.45) is 5.92 Å². The van der Waals surface area contributed by atoms with Crippen LogP contribution in [0.25, 0.3) is 6.08 Å². The number of hydrogen-bond donors (Lipinski definition) is 0. The maximum absolute atomic E-state index is 13.2.